The minimum absolute atomic E-state index is 0.113. The topological polar surface area (TPSA) is 49.4 Å². The molecule has 0 spiro atoms. The normalized spacial score (nSPS) is 17.3. The second-order valence-electron chi connectivity index (χ2n) is 5.81. The van der Waals surface area contributed by atoms with Crippen molar-refractivity contribution in [2.45, 2.75) is 19.9 Å². The largest absolute Gasteiger partial charge is 0.351 e. The van der Waals surface area contributed by atoms with E-state index < -0.39 is 5.92 Å². The van der Waals surface area contributed by atoms with E-state index >= 15 is 0 Å². The van der Waals surface area contributed by atoms with Gasteiger partial charge in [-0.05, 0) is 36.6 Å². The van der Waals surface area contributed by atoms with Crippen LogP contribution in [-0.2, 0) is 16.1 Å². The lowest BCUT2D eigenvalue weighted by atomic mass is 10.1. The number of anilines is 1. The molecule has 2 amide bonds. The van der Waals surface area contributed by atoms with Crippen LogP contribution >= 0.6 is 0 Å². The molecule has 2 aromatic rings. The summed E-state index contributed by atoms with van der Waals surface area (Å²) < 4.78 is 0. The SMILES string of the molecule is Cc1ccccc1CNC(=O)[C@@H]1CCN(c2ccccc2)C1=O. The van der Waals surface area contributed by atoms with E-state index in [1.54, 1.807) is 4.90 Å². The van der Waals surface area contributed by atoms with Gasteiger partial charge < -0.3 is 10.2 Å². The molecule has 0 aromatic heterocycles. The van der Waals surface area contributed by atoms with Gasteiger partial charge in [0.05, 0.1) is 0 Å². The minimum Gasteiger partial charge on any atom is -0.351 e. The van der Waals surface area contributed by atoms with Gasteiger partial charge in [-0.3, -0.25) is 9.59 Å². The predicted molar refractivity (Wildman–Crippen MR) is 89.9 cm³/mol. The Hall–Kier alpha value is -2.62. The number of amides is 2. The summed E-state index contributed by atoms with van der Waals surface area (Å²) in [5.74, 6) is -0.880. The summed E-state index contributed by atoms with van der Waals surface area (Å²) in [5, 5.41) is 2.90. The smallest absolute Gasteiger partial charge is 0.239 e. The fraction of sp³-hybridized carbons (Fsp3) is 0.263. The molecule has 3 rings (SSSR count). The number of rotatable bonds is 4. The zero-order valence-corrected chi connectivity index (χ0v) is 13.2. The molecule has 1 saturated heterocycles. The molecule has 23 heavy (non-hydrogen) atoms. The van der Waals surface area contributed by atoms with E-state index in [0.717, 1.165) is 16.8 Å². The van der Waals surface area contributed by atoms with Crippen molar-refractivity contribution in [2.75, 3.05) is 11.4 Å². The van der Waals surface area contributed by atoms with Gasteiger partial charge >= 0.3 is 0 Å². The summed E-state index contributed by atoms with van der Waals surface area (Å²) >= 11 is 0. The van der Waals surface area contributed by atoms with Crippen molar-refractivity contribution in [2.24, 2.45) is 5.92 Å². The van der Waals surface area contributed by atoms with Gasteiger partial charge in [0.2, 0.25) is 11.8 Å². The second kappa shape index (κ2) is 6.65. The molecule has 1 N–H and O–H groups in total. The van der Waals surface area contributed by atoms with E-state index in [-0.39, 0.29) is 11.8 Å². The Morgan fingerprint density at radius 3 is 2.57 bits per heavy atom. The van der Waals surface area contributed by atoms with Crippen LogP contribution in [0.15, 0.2) is 54.6 Å². The van der Waals surface area contributed by atoms with Crippen molar-refractivity contribution in [3.05, 3.63) is 65.7 Å². The van der Waals surface area contributed by atoms with Gasteiger partial charge in [0.1, 0.15) is 5.92 Å². The van der Waals surface area contributed by atoms with E-state index in [0.29, 0.717) is 19.5 Å². The first-order valence-corrected chi connectivity index (χ1v) is 7.85. The van der Waals surface area contributed by atoms with Gasteiger partial charge in [-0.2, -0.15) is 0 Å². The zero-order chi connectivity index (χ0) is 16.2. The Labute approximate surface area is 136 Å². The lowest BCUT2D eigenvalue weighted by Gasteiger charge is -2.16. The van der Waals surface area contributed by atoms with Gasteiger partial charge in [0, 0.05) is 18.8 Å². The predicted octanol–water partition coefficient (Wildman–Crippen LogP) is 2.66. The molecular weight excluding hydrogens is 288 g/mol. The van der Waals surface area contributed by atoms with E-state index in [4.69, 9.17) is 0 Å². The standard InChI is InChI=1S/C19H20N2O2/c1-14-7-5-6-8-15(14)13-20-18(22)17-11-12-21(19(17)23)16-9-3-2-4-10-16/h2-10,17H,11-13H2,1H3,(H,20,22)/t17-/m0/s1. The van der Waals surface area contributed by atoms with Crippen molar-refractivity contribution in [3.8, 4) is 0 Å². The van der Waals surface area contributed by atoms with Crippen LogP contribution < -0.4 is 10.2 Å². The summed E-state index contributed by atoms with van der Waals surface area (Å²) in [5.41, 5.74) is 3.06. The van der Waals surface area contributed by atoms with Crippen LogP contribution in [0.25, 0.3) is 0 Å². The fourth-order valence-corrected chi connectivity index (χ4v) is 2.90. The lowest BCUT2D eigenvalue weighted by molar-refractivity contribution is -0.132. The maximum absolute atomic E-state index is 12.5. The highest BCUT2D eigenvalue weighted by atomic mass is 16.2. The number of carbonyl (C=O) groups excluding carboxylic acids is 2. The van der Waals surface area contributed by atoms with E-state index in [1.807, 2.05) is 61.5 Å². The Bertz CT molecular complexity index is 712. The van der Waals surface area contributed by atoms with E-state index in [2.05, 4.69) is 5.32 Å². The molecule has 0 bridgehead atoms. The number of hydrogen-bond donors (Lipinski definition) is 1. The number of carbonyl (C=O) groups is 2. The molecule has 2 aromatic carbocycles. The number of nitrogens with one attached hydrogen (secondary N) is 1. The Morgan fingerprint density at radius 1 is 1.13 bits per heavy atom. The maximum atomic E-state index is 12.5. The highest BCUT2D eigenvalue weighted by Crippen LogP contribution is 2.25. The summed E-state index contributed by atoms with van der Waals surface area (Å²) in [6.07, 6.45) is 0.563. The summed E-state index contributed by atoms with van der Waals surface area (Å²) in [4.78, 5) is 26.5. The van der Waals surface area contributed by atoms with Crippen LogP contribution in [-0.4, -0.2) is 18.4 Å². The van der Waals surface area contributed by atoms with Gasteiger partial charge in [0.15, 0.2) is 0 Å². The number of benzene rings is 2. The summed E-state index contributed by atoms with van der Waals surface area (Å²) in [7, 11) is 0. The molecule has 0 aliphatic carbocycles. The van der Waals surface area contributed by atoms with Gasteiger partial charge in [-0.1, -0.05) is 42.5 Å². The molecule has 1 fully saturated rings. The third-order valence-electron chi connectivity index (χ3n) is 4.30. The van der Waals surface area contributed by atoms with Gasteiger partial charge in [-0.25, -0.2) is 0 Å². The van der Waals surface area contributed by atoms with Crippen LogP contribution in [0, 0.1) is 12.8 Å². The zero-order valence-electron chi connectivity index (χ0n) is 13.2. The molecule has 1 atom stereocenters. The molecule has 1 heterocycles. The monoisotopic (exact) mass is 308 g/mol. The number of para-hydroxylation sites is 1. The Kier molecular flexibility index (Phi) is 4.42. The summed E-state index contributed by atoms with van der Waals surface area (Å²) in [6, 6.07) is 17.4. The van der Waals surface area contributed by atoms with Crippen LogP contribution in [0.3, 0.4) is 0 Å². The van der Waals surface area contributed by atoms with Crippen molar-refractivity contribution in [1.29, 1.82) is 0 Å². The van der Waals surface area contributed by atoms with E-state index in [9.17, 15) is 9.59 Å². The minimum atomic E-state index is -0.584. The molecular formula is C19H20N2O2. The summed E-state index contributed by atoms with van der Waals surface area (Å²) in [6.45, 7) is 3.06. The first kappa shape index (κ1) is 15.3. The lowest BCUT2D eigenvalue weighted by Crippen LogP contribution is -2.36. The molecule has 4 nitrogen and oxygen atoms in total. The Morgan fingerprint density at radius 2 is 1.83 bits per heavy atom. The quantitative estimate of drug-likeness (QED) is 0.883. The molecule has 0 unspecified atom stereocenters. The molecule has 0 radical (unpaired) electrons. The first-order chi connectivity index (χ1) is 11.2. The average molecular weight is 308 g/mol. The van der Waals surface area contributed by atoms with Crippen molar-refractivity contribution in [1.82, 2.24) is 5.32 Å². The van der Waals surface area contributed by atoms with E-state index in [1.165, 1.54) is 0 Å². The second-order valence-corrected chi connectivity index (χ2v) is 5.81. The van der Waals surface area contributed by atoms with Gasteiger partial charge in [0.25, 0.3) is 0 Å². The number of nitrogens with zero attached hydrogens (tertiary/aromatic N) is 1. The highest BCUT2D eigenvalue weighted by Gasteiger charge is 2.37. The molecule has 118 valence electrons. The third-order valence-corrected chi connectivity index (χ3v) is 4.30. The number of aryl methyl sites for hydroxylation is 1. The van der Waals surface area contributed by atoms with Crippen molar-refractivity contribution < 1.29 is 9.59 Å². The highest BCUT2D eigenvalue weighted by molar-refractivity contribution is 6.09. The molecule has 4 heteroatoms. The van der Waals surface area contributed by atoms with Crippen LogP contribution in [0.2, 0.25) is 0 Å². The Balaban J connectivity index is 1.63. The maximum Gasteiger partial charge on any atom is 0.239 e. The van der Waals surface area contributed by atoms with Crippen LogP contribution in [0.1, 0.15) is 17.5 Å². The van der Waals surface area contributed by atoms with Crippen LogP contribution in [0.4, 0.5) is 5.69 Å². The molecule has 1 aliphatic heterocycles. The third kappa shape index (κ3) is 3.26. The van der Waals surface area contributed by atoms with Crippen molar-refractivity contribution in [3.63, 3.8) is 0 Å². The molecule has 0 saturated carbocycles. The van der Waals surface area contributed by atoms with Crippen molar-refractivity contribution >= 4 is 17.5 Å². The first-order valence-electron chi connectivity index (χ1n) is 7.85. The fourth-order valence-electron chi connectivity index (χ4n) is 2.90. The van der Waals surface area contributed by atoms with Crippen LogP contribution in [0.5, 0.6) is 0 Å². The average Bonchev–Trinajstić information content (AvgIpc) is 2.96. The molecule has 1 aliphatic rings. The van der Waals surface area contributed by atoms with Gasteiger partial charge in [-0.15, -0.1) is 0 Å². The number of hydrogen-bond acceptors (Lipinski definition) is 2.